The summed E-state index contributed by atoms with van der Waals surface area (Å²) in [6.45, 7) is 0.740. The van der Waals surface area contributed by atoms with Crippen molar-refractivity contribution in [2.45, 2.75) is 13.0 Å². The fourth-order valence-electron chi connectivity index (χ4n) is 1.57. The van der Waals surface area contributed by atoms with E-state index in [0.717, 1.165) is 12.1 Å². The molecule has 0 N–H and O–H groups in total. The lowest BCUT2D eigenvalue weighted by molar-refractivity contribution is 0.639. The first kappa shape index (κ1) is 8.83. The maximum absolute atomic E-state index is 13.3. The largest absolute Gasteiger partial charge is 0.346 e. The van der Waals surface area contributed by atoms with Crippen LogP contribution in [-0.4, -0.2) is 4.57 Å². The molecule has 0 saturated carbocycles. The Hall–Kier alpha value is -1.75. The molecule has 0 saturated heterocycles. The minimum Gasteiger partial charge on any atom is -0.346 e. The molecule has 0 fully saturated rings. The zero-order valence-electron chi connectivity index (χ0n) is 7.70. The molecule has 0 unspecified atom stereocenters. The number of hydrogen-bond acceptors (Lipinski definition) is 0. The van der Waals surface area contributed by atoms with Crippen LogP contribution in [0.3, 0.4) is 0 Å². The van der Waals surface area contributed by atoms with Crippen LogP contribution in [0, 0.1) is 18.2 Å². The Labute approximate surface area is 82.2 Å². The molecular weight excluding hydrogens is 177 g/mol. The van der Waals surface area contributed by atoms with E-state index in [9.17, 15) is 4.39 Å². The number of aromatic nitrogens is 1. The van der Waals surface area contributed by atoms with Crippen LogP contribution in [-0.2, 0) is 6.54 Å². The lowest BCUT2D eigenvalue weighted by Gasteiger charge is -2.01. The first-order valence-electron chi connectivity index (χ1n) is 4.50. The van der Waals surface area contributed by atoms with E-state index in [0.29, 0.717) is 11.8 Å². The molecule has 0 bridgehead atoms. The average molecular weight is 187 g/mol. The molecule has 0 radical (unpaired) electrons. The molecule has 14 heavy (non-hydrogen) atoms. The molecule has 1 aromatic heterocycles. The van der Waals surface area contributed by atoms with Crippen molar-refractivity contribution in [2.75, 3.05) is 0 Å². The smallest absolute Gasteiger partial charge is 0.132 e. The van der Waals surface area contributed by atoms with E-state index >= 15 is 0 Å². The monoisotopic (exact) mass is 187 g/mol. The SMILES string of the molecule is C#CCCn1ccc2c(F)cccc21. The Bertz CT molecular complexity index is 490. The van der Waals surface area contributed by atoms with Gasteiger partial charge in [-0.05, 0) is 18.2 Å². The van der Waals surface area contributed by atoms with E-state index in [1.54, 1.807) is 12.1 Å². The Morgan fingerprint density at radius 1 is 1.36 bits per heavy atom. The predicted octanol–water partition coefficient (Wildman–Crippen LogP) is 2.80. The molecule has 2 heteroatoms. The minimum absolute atomic E-state index is 0.179. The molecule has 1 aromatic carbocycles. The summed E-state index contributed by atoms with van der Waals surface area (Å²) in [7, 11) is 0. The van der Waals surface area contributed by atoms with Crippen LogP contribution in [0.1, 0.15) is 6.42 Å². The second-order valence-corrected chi connectivity index (χ2v) is 3.14. The van der Waals surface area contributed by atoms with Crippen molar-refractivity contribution in [3.05, 3.63) is 36.3 Å². The topological polar surface area (TPSA) is 4.93 Å². The summed E-state index contributed by atoms with van der Waals surface area (Å²) in [4.78, 5) is 0. The van der Waals surface area contributed by atoms with Crippen molar-refractivity contribution in [2.24, 2.45) is 0 Å². The van der Waals surface area contributed by atoms with Crippen molar-refractivity contribution in [1.82, 2.24) is 4.57 Å². The van der Waals surface area contributed by atoms with Gasteiger partial charge in [0.1, 0.15) is 5.82 Å². The third-order valence-corrected chi connectivity index (χ3v) is 2.26. The molecule has 0 aliphatic heterocycles. The molecule has 2 aromatic rings. The molecule has 1 nitrogen and oxygen atoms in total. The van der Waals surface area contributed by atoms with Gasteiger partial charge in [-0.25, -0.2) is 4.39 Å². The zero-order valence-corrected chi connectivity index (χ0v) is 7.70. The van der Waals surface area contributed by atoms with Gasteiger partial charge in [0.05, 0.1) is 5.52 Å². The number of benzene rings is 1. The summed E-state index contributed by atoms with van der Waals surface area (Å²) in [5, 5.41) is 0.657. The Morgan fingerprint density at radius 3 is 3.00 bits per heavy atom. The molecule has 0 amide bonds. The quantitative estimate of drug-likeness (QED) is 0.637. The van der Waals surface area contributed by atoms with E-state index in [2.05, 4.69) is 5.92 Å². The normalized spacial score (nSPS) is 10.3. The van der Waals surface area contributed by atoms with E-state index in [1.807, 2.05) is 16.8 Å². The first-order valence-corrected chi connectivity index (χ1v) is 4.50. The number of hydrogen-bond donors (Lipinski definition) is 0. The van der Waals surface area contributed by atoms with Gasteiger partial charge < -0.3 is 4.57 Å². The fourth-order valence-corrected chi connectivity index (χ4v) is 1.57. The molecule has 0 spiro atoms. The van der Waals surface area contributed by atoms with Crippen LogP contribution in [0.4, 0.5) is 4.39 Å². The maximum atomic E-state index is 13.3. The number of halogens is 1. The van der Waals surface area contributed by atoms with Gasteiger partial charge in [0, 0.05) is 24.5 Å². The summed E-state index contributed by atoms with van der Waals surface area (Å²) in [6.07, 6.45) is 7.71. The predicted molar refractivity (Wildman–Crippen MR) is 55.3 cm³/mol. The van der Waals surface area contributed by atoms with Crippen LogP contribution < -0.4 is 0 Å². The molecule has 0 aliphatic carbocycles. The van der Waals surface area contributed by atoms with Crippen LogP contribution in [0.2, 0.25) is 0 Å². The van der Waals surface area contributed by atoms with E-state index in [1.165, 1.54) is 6.07 Å². The van der Waals surface area contributed by atoms with Crippen molar-refractivity contribution in [3.63, 3.8) is 0 Å². The summed E-state index contributed by atoms with van der Waals surface area (Å²) in [6, 6.07) is 6.86. The third-order valence-electron chi connectivity index (χ3n) is 2.26. The summed E-state index contributed by atoms with van der Waals surface area (Å²) in [5.41, 5.74) is 0.903. The summed E-state index contributed by atoms with van der Waals surface area (Å²) >= 11 is 0. The van der Waals surface area contributed by atoms with Gasteiger partial charge in [-0.15, -0.1) is 12.3 Å². The zero-order chi connectivity index (χ0) is 9.97. The second-order valence-electron chi connectivity index (χ2n) is 3.14. The van der Waals surface area contributed by atoms with E-state index in [4.69, 9.17) is 6.42 Å². The minimum atomic E-state index is -0.179. The van der Waals surface area contributed by atoms with Gasteiger partial charge >= 0.3 is 0 Å². The van der Waals surface area contributed by atoms with Crippen LogP contribution >= 0.6 is 0 Å². The van der Waals surface area contributed by atoms with Gasteiger partial charge in [0.25, 0.3) is 0 Å². The van der Waals surface area contributed by atoms with E-state index < -0.39 is 0 Å². The molecule has 70 valence electrons. The third kappa shape index (κ3) is 1.38. The maximum Gasteiger partial charge on any atom is 0.132 e. The lowest BCUT2D eigenvalue weighted by atomic mass is 10.2. The van der Waals surface area contributed by atoms with E-state index in [-0.39, 0.29) is 5.82 Å². The van der Waals surface area contributed by atoms with Crippen molar-refractivity contribution < 1.29 is 4.39 Å². The Kier molecular flexibility index (Phi) is 2.24. The van der Waals surface area contributed by atoms with Crippen LogP contribution in [0.25, 0.3) is 10.9 Å². The van der Waals surface area contributed by atoms with Gasteiger partial charge in [-0.2, -0.15) is 0 Å². The number of nitrogens with zero attached hydrogens (tertiary/aromatic N) is 1. The van der Waals surface area contributed by atoms with Crippen molar-refractivity contribution >= 4 is 10.9 Å². The standard InChI is InChI=1S/C12H10FN/c1-2-3-8-14-9-7-10-11(13)5-4-6-12(10)14/h1,4-7,9H,3,8H2. The molecule has 2 rings (SSSR count). The average Bonchev–Trinajstić information content (AvgIpc) is 2.60. The number of terminal acetylenes is 1. The molecule has 0 aliphatic rings. The lowest BCUT2D eigenvalue weighted by Crippen LogP contribution is -1.94. The fraction of sp³-hybridized carbons (Fsp3) is 0.167. The molecule has 0 atom stereocenters. The highest BCUT2D eigenvalue weighted by molar-refractivity contribution is 5.80. The van der Waals surface area contributed by atoms with Gasteiger partial charge in [-0.3, -0.25) is 0 Å². The summed E-state index contributed by atoms with van der Waals surface area (Å²) < 4.78 is 15.2. The van der Waals surface area contributed by atoms with Gasteiger partial charge in [0.2, 0.25) is 0 Å². The highest BCUT2D eigenvalue weighted by Crippen LogP contribution is 2.18. The highest BCUT2D eigenvalue weighted by Gasteiger charge is 2.03. The molecule has 1 heterocycles. The van der Waals surface area contributed by atoms with Crippen molar-refractivity contribution in [3.8, 4) is 12.3 Å². The van der Waals surface area contributed by atoms with Gasteiger partial charge in [0.15, 0.2) is 0 Å². The first-order chi connectivity index (χ1) is 6.83. The molecular formula is C12H10FN. The van der Waals surface area contributed by atoms with Crippen molar-refractivity contribution in [1.29, 1.82) is 0 Å². The number of aryl methyl sites for hydroxylation is 1. The number of rotatable bonds is 2. The Morgan fingerprint density at radius 2 is 2.21 bits per heavy atom. The number of fused-ring (bicyclic) bond motifs is 1. The van der Waals surface area contributed by atoms with Crippen LogP contribution in [0.5, 0.6) is 0 Å². The highest BCUT2D eigenvalue weighted by atomic mass is 19.1. The Balaban J connectivity index is 2.48. The summed E-state index contributed by atoms with van der Waals surface area (Å²) in [5.74, 6) is 2.39. The van der Waals surface area contributed by atoms with Crippen LogP contribution in [0.15, 0.2) is 30.5 Å². The van der Waals surface area contributed by atoms with Gasteiger partial charge in [-0.1, -0.05) is 6.07 Å². The second kappa shape index (κ2) is 3.55.